The minimum absolute atomic E-state index is 0.0492. The average molecular weight is 1190 g/mol. The fourth-order valence-corrected chi connectivity index (χ4v) is 10.8. The molecule has 84 heavy (non-hydrogen) atoms. The number of allylic oxidation sites excluding steroid dienone is 16. The van der Waals surface area contributed by atoms with Crippen LogP contribution in [-0.4, -0.2) is 49.3 Å². The monoisotopic (exact) mass is 1190 g/mol. The average Bonchev–Trinajstić information content (AvgIpc) is 3.55. The van der Waals surface area contributed by atoms with Crippen molar-refractivity contribution >= 4 is 19.8 Å². The zero-order valence-electron chi connectivity index (χ0n) is 54.6. The van der Waals surface area contributed by atoms with Crippen LogP contribution in [0.15, 0.2) is 97.2 Å². The minimum atomic E-state index is -4.40. The van der Waals surface area contributed by atoms with E-state index < -0.39 is 26.5 Å². The molecule has 9 nitrogen and oxygen atoms in total. The van der Waals surface area contributed by atoms with Crippen molar-refractivity contribution < 1.29 is 37.6 Å². The molecule has 486 valence electrons. The smallest absolute Gasteiger partial charge is 0.462 e. The lowest BCUT2D eigenvalue weighted by molar-refractivity contribution is -0.161. The number of carbonyl (C=O) groups is 2. The highest BCUT2D eigenvalue weighted by atomic mass is 31.2. The lowest BCUT2D eigenvalue weighted by Crippen LogP contribution is -2.29. The molecule has 0 saturated heterocycles. The lowest BCUT2D eigenvalue weighted by Gasteiger charge is -2.19. The van der Waals surface area contributed by atoms with Crippen molar-refractivity contribution in [1.82, 2.24) is 0 Å². The number of unbranched alkanes of at least 4 members (excludes halogenated alkanes) is 37. The quantitative estimate of drug-likeness (QED) is 0.0264. The molecule has 0 aliphatic heterocycles. The van der Waals surface area contributed by atoms with E-state index in [0.29, 0.717) is 6.42 Å². The first kappa shape index (κ1) is 80.9. The van der Waals surface area contributed by atoms with Crippen LogP contribution < -0.4 is 5.73 Å². The summed E-state index contributed by atoms with van der Waals surface area (Å²) in [6.45, 7) is 3.66. The molecule has 0 aromatic rings. The van der Waals surface area contributed by atoms with Crippen LogP contribution in [0.2, 0.25) is 0 Å². The molecule has 0 fully saturated rings. The molecule has 0 amide bonds. The van der Waals surface area contributed by atoms with Crippen LogP contribution in [0.5, 0.6) is 0 Å². The van der Waals surface area contributed by atoms with Crippen LogP contribution >= 0.6 is 7.82 Å². The highest BCUT2D eigenvalue weighted by Crippen LogP contribution is 2.43. The molecule has 0 heterocycles. The predicted octanol–water partition coefficient (Wildman–Crippen LogP) is 23.1. The van der Waals surface area contributed by atoms with E-state index in [9.17, 15) is 19.0 Å². The van der Waals surface area contributed by atoms with Gasteiger partial charge in [-0.15, -0.1) is 0 Å². The summed E-state index contributed by atoms with van der Waals surface area (Å²) in [5, 5.41) is 0. The Morgan fingerprint density at radius 3 is 0.976 bits per heavy atom. The van der Waals surface area contributed by atoms with Crippen LogP contribution in [-0.2, 0) is 32.7 Å². The molecule has 0 bridgehead atoms. The Kier molecular flexibility index (Phi) is 66.5. The first-order chi connectivity index (χ1) is 41.3. The van der Waals surface area contributed by atoms with Gasteiger partial charge in [-0.2, -0.15) is 0 Å². The highest BCUT2D eigenvalue weighted by Gasteiger charge is 2.26. The Morgan fingerprint density at radius 2 is 0.655 bits per heavy atom. The molecule has 0 aromatic carbocycles. The number of ether oxygens (including phenoxy) is 2. The third-order valence-corrected chi connectivity index (χ3v) is 16.2. The molecule has 2 unspecified atom stereocenters. The standard InChI is InChI=1S/C74H132NO8P/c1-3-5-7-9-11-13-15-17-19-21-23-25-27-29-31-33-35-36-37-39-41-43-45-47-49-51-53-55-57-59-61-63-65-67-74(77)83-72(71-82-84(78,79)81-69-68-75)70-80-73(76)66-64-62-60-58-56-54-52-50-48-46-44-42-40-38-34-32-30-28-26-24-22-20-18-16-14-12-10-8-6-4-2/h5,7,11,13,17,19,23,25,29,31,35-36,39,41,45,47,72H,3-4,6,8-10,12,14-16,18,20-22,24,26-28,30,32-34,37-38,40,42-44,46,48-71,75H2,1-2H3,(H,78,79)/b7-5-,13-11-,19-17-,25-23-,31-29-,36-35-,41-39-,47-45-. The van der Waals surface area contributed by atoms with E-state index in [1.54, 1.807) is 0 Å². The van der Waals surface area contributed by atoms with Gasteiger partial charge in [-0.1, -0.05) is 336 Å². The van der Waals surface area contributed by atoms with Crippen LogP contribution in [0.3, 0.4) is 0 Å². The van der Waals surface area contributed by atoms with E-state index in [2.05, 4.69) is 111 Å². The van der Waals surface area contributed by atoms with E-state index >= 15 is 0 Å². The summed E-state index contributed by atoms with van der Waals surface area (Å²) in [7, 11) is -4.40. The zero-order valence-corrected chi connectivity index (χ0v) is 55.5. The number of rotatable bonds is 66. The molecule has 0 aliphatic rings. The van der Waals surface area contributed by atoms with E-state index in [0.717, 1.165) is 96.3 Å². The van der Waals surface area contributed by atoms with Gasteiger partial charge in [-0.25, -0.2) is 4.57 Å². The molecule has 0 aromatic heterocycles. The number of esters is 2. The van der Waals surface area contributed by atoms with Crippen molar-refractivity contribution in [3.63, 3.8) is 0 Å². The third kappa shape index (κ3) is 68.0. The molecule has 2 atom stereocenters. The number of phosphoric ester groups is 1. The molecule has 3 N–H and O–H groups in total. The molecule has 0 aliphatic carbocycles. The highest BCUT2D eigenvalue weighted by molar-refractivity contribution is 7.47. The van der Waals surface area contributed by atoms with Gasteiger partial charge in [-0.3, -0.25) is 18.6 Å². The van der Waals surface area contributed by atoms with Gasteiger partial charge in [0.1, 0.15) is 6.61 Å². The van der Waals surface area contributed by atoms with Gasteiger partial charge in [0.2, 0.25) is 0 Å². The molecule has 0 saturated carbocycles. The van der Waals surface area contributed by atoms with Crippen molar-refractivity contribution in [2.24, 2.45) is 5.73 Å². The summed E-state index contributed by atoms with van der Waals surface area (Å²) < 4.78 is 33.2. The summed E-state index contributed by atoms with van der Waals surface area (Å²) in [5.74, 6) is -0.828. The maximum Gasteiger partial charge on any atom is 0.472 e. The van der Waals surface area contributed by atoms with Crippen LogP contribution in [0.1, 0.15) is 328 Å². The van der Waals surface area contributed by atoms with Gasteiger partial charge in [0.15, 0.2) is 6.10 Å². The van der Waals surface area contributed by atoms with E-state index in [1.165, 1.54) is 199 Å². The Hall–Kier alpha value is -3.07. The van der Waals surface area contributed by atoms with Gasteiger partial charge >= 0.3 is 19.8 Å². The minimum Gasteiger partial charge on any atom is -0.462 e. The molecule has 0 spiro atoms. The van der Waals surface area contributed by atoms with Crippen molar-refractivity contribution in [3.8, 4) is 0 Å². The Balaban J connectivity index is 3.91. The fourth-order valence-electron chi connectivity index (χ4n) is 10.1. The molecular formula is C74H132NO8P. The number of nitrogens with two attached hydrogens (primary N) is 1. The zero-order chi connectivity index (χ0) is 60.9. The van der Waals surface area contributed by atoms with Gasteiger partial charge in [-0.05, 0) is 77.0 Å². The molecule has 0 radical (unpaired) electrons. The summed E-state index contributed by atoms with van der Waals surface area (Å²) in [5.41, 5.74) is 5.40. The summed E-state index contributed by atoms with van der Waals surface area (Å²) >= 11 is 0. The maximum absolute atomic E-state index is 12.8. The van der Waals surface area contributed by atoms with Gasteiger partial charge in [0.05, 0.1) is 13.2 Å². The molecule has 0 rings (SSSR count). The summed E-state index contributed by atoms with van der Waals surface area (Å²) in [6.07, 6.45) is 93.6. The second-order valence-corrected chi connectivity index (χ2v) is 24.8. The van der Waals surface area contributed by atoms with E-state index in [-0.39, 0.29) is 38.6 Å². The van der Waals surface area contributed by atoms with Crippen LogP contribution in [0.4, 0.5) is 0 Å². The van der Waals surface area contributed by atoms with Crippen LogP contribution in [0, 0.1) is 0 Å². The number of phosphoric acid groups is 1. The number of hydrogen-bond donors (Lipinski definition) is 2. The molecule has 10 heteroatoms. The Bertz CT molecular complexity index is 1700. The fraction of sp³-hybridized carbons (Fsp3) is 0.757. The SMILES string of the molecule is CC/C=C\C/C=C\C/C=C\C/C=C\C/C=C\C/C=C\C/C=C\C/C=C\CCCCCCCCCCC(=O)OC(COC(=O)CCCCCCCCCCCCCCCCCCCCCCCCCCCCCCCC)COP(=O)(O)OCCN. The lowest BCUT2D eigenvalue weighted by atomic mass is 10.0. The Labute approximate surface area is 518 Å². The van der Waals surface area contributed by atoms with Crippen molar-refractivity contribution in [2.75, 3.05) is 26.4 Å². The van der Waals surface area contributed by atoms with E-state index in [1.807, 2.05) is 0 Å². The second kappa shape index (κ2) is 69.0. The van der Waals surface area contributed by atoms with Crippen molar-refractivity contribution in [3.05, 3.63) is 97.2 Å². The maximum atomic E-state index is 12.8. The van der Waals surface area contributed by atoms with Crippen LogP contribution in [0.25, 0.3) is 0 Å². The molecular weight excluding hydrogens is 1060 g/mol. The van der Waals surface area contributed by atoms with Gasteiger partial charge in [0, 0.05) is 19.4 Å². The first-order valence-corrected chi connectivity index (χ1v) is 36.7. The third-order valence-electron chi connectivity index (χ3n) is 15.2. The summed E-state index contributed by atoms with van der Waals surface area (Å²) in [6, 6.07) is 0. The predicted molar refractivity (Wildman–Crippen MR) is 362 cm³/mol. The second-order valence-electron chi connectivity index (χ2n) is 23.4. The number of carbonyl (C=O) groups excluding carboxylic acids is 2. The topological polar surface area (TPSA) is 134 Å². The number of hydrogen-bond acceptors (Lipinski definition) is 8. The summed E-state index contributed by atoms with van der Waals surface area (Å²) in [4.78, 5) is 35.4. The largest absolute Gasteiger partial charge is 0.472 e. The van der Waals surface area contributed by atoms with Crippen molar-refractivity contribution in [1.29, 1.82) is 0 Å². The van der Waals surface area contributed by atoms with Gasteiger partial charge < -0.3 is 20.1 Å². The van der Waals surface area contributed by atoms with Crippen molar-refractivity contribution in [2.45, 2.75) is 335 Å². The normalized spacial score (nSPS) is 13.5. The Morgan fingerprint density at radius 1 is 0.369 bits per heavy atom. The first-order valence-electron chi connectivity index (χ1n) is 35.2. The van der Waals surface area contributed by atoms with E-state index in [4.69, 9.17) is 24.3 Å². The van der Waals surface area contributed by atoms with Gasteiger partial charge in [0.25, 0.3) is 0 Å².